The average molecular weight is 285 g/mol. The van der Waals surface area contributed by atoms with Crippen molar-refractivity contribution < 1.29 is 4.79 Å². The van der Waals surface area contributed by atoms with Crippen LogP contribution in [0.1, 0.15) is 23.2 Å². The highest BCUT2D eigenvalue weighted by Crippen LogP contribution is 2.21. The molecule has 1 aromatic heterocycles. The number of H-pyrrole nitrogens is 1. The van der Waals surface area contributed by atoms with Gasteiger partial charge in [-0.1, -0.05) is 6.07 Å². The SMILES string of the molecule is CN(C)CC1CCN(C(=O)c2ccc3cc[nH]c3c2)CC1. The van der Waals surface area contributed by atoms with Gasteiger partial charge < -0.3 is 14.8 Å². The first kappa shape index (κ1) is 14.1. The van der Waals surface area contributed by atoms with Crippen LogP contribution in [-0.4, -0.2) is 54.4 Å². The summed E-state index contributed by atoms with van der Waals surface area (Å²) in [6.07, 6.45) is 4.12. The van der Waals surface area contributed by atoms with Crippen LogP contribution in [0.25, 0.3) is 10.9 Å². The Morgan fingerprint density at radius 2 is 2.05 bits per heavy atom. The van der Waals surface area contributed by atoms with Crippen LogP contribution in [-0.2, 0) is 0 Å². The Kier molecular flexibility index (Phi) is 3.97. The fraction of sp³-hybridized carbons (Fsp3) is 0.471. The predicted octanol–water partition coefficient (Wildman–Crippen LogP) is 2.58. The van der Waals surface area contributed by atoms with Gasteiger partial charge >= 0.3 is 0 Å². The number of hydrogen-bond donors (Lipinski definition) is 1. The molecule has 4 heteroatoms. The Morgan fingerprint density at radius 1 is 1.29 bits per heavy atom. The van der Waals surface area contributed by atoms with Crippen LogP contribution < -0.4 is 0 Å². The third-order valence-corrected chi connectivity index (χ3v) is 4.33. The normalized spacial score (nSPS) is 16.8. The molecule has 112 valence electrons. The summed E-state index contributed by atoms with van der Waals surface area (Å²) in [5, 5.41) is 1.15. The number of likely N-dealkylation sites (tertiary alicyclic amines) is 1. The Labute approximate surface area is 125 Å². The standard InChI is InChI=1S/C17H23N3O/c1-19(2)12-13-6-9-20(10-7-13)17(21)15-4-3-14-5-8-18-16(14)11-15/h3-5,8,11,13,18H,6-7,9-10,12H2,1-2H3. The third kappa shape index (κ3) is 3.10. The summed E-state index contributed by atoms with van der Waals surface area (Å²) in [6, 6.07) is 7.93. The molecule has 21 heavy (non-hydrogen) atoms. The molecule has 0 radical (unpaired) electrons. The fourth-order valence-corrected chi connectivity index (χ4v) is 3.20. The lowest BCUT2D eigenvalue weighted by Crippen LogP contribution is -2.40. The van der Waals surface area contributed by atoms with Crippen LogP contribution in [0.3, 0.4) is 0 Å². The van der Waals surface area contributed by atoms with Crippen molar-refractivity contribution in [2.45, 2.75) is 12.8 Å². The maximum Gasteiger partial charge on any atom is 0.253 e. The molecule has 3 rings (SSSR count). The first-order valence-corrected chi connectivity index (χ1v) is 7.64. The quantitative estimate of drug-likeness (QED) is 0.941. The summed E-state index contributed by atoms with van der Waals surface area (Å²) >= 11 is 0. The van der Waals surface area contributed by atoms with E-state index in [1.165, 1.54) is 0 Å². The van der Waals surface area contributed by atoms with Gasteiger partial charge in [0.25, 0.3) is 5.91 Å². The molecule has 0 saturated carbocycles. The van der Waals surface area contributed by atoms with Gasteiger partial charge in [-0.3, -0.25) is 4.79 Å². The van der Waals surface area contributed by atoms with Gasteiger partial charge in [-0.05, 0) is 56.4 Å². The maximum absolute atomic E-state index is 12.6. The molecule has 0 unspecified atom stereocenters. The zero-order valence-corrected chi connectivity index (χ0v) is 12.8. The number of aromatic nitrogens is 1. The number of amides is 1. The molecule has 1 fully saturated rings. The minimum Gasteiger partial charge on any atom is -0.361 e. The van der Waals surface area contributed by atoms with E-state index in [9.17, 15) is 4.79 Å². The van der Waals surface area contributed by atoms with Gasteiger partial charge in [0.15, 0.2) is 0 Å². The third-order valence-electron chi connectivity index (χ3n) is 4.33. The largest absolute Gasteiger partial charge is 0.361 e. The van der Waals surface area contributed by atoms with Crippen molar-refractivity contribution >= 4 is 16.8 Å². The molecule has 0 atom stereocenters. The summed E-state index contributed by atoms with van der Waals surface area (Å²) in [5.41, 5.74) is 1.82. The zero-order valence-electron chi connectivity index (χ0n) is 12.8. The number of carbonyl (C=O) groups excluding carboxylic acids is 1. The Bertz CT molecular complexity index is 624. The van der Waals surface area contributed by atoms with E-state index in [1.807, 2.05) is 35.4 Å². The second kappa shape index (κ2) is 5.90. The van der Waals surface area contributed by atoms with Gasteiger partial charge in [-0.2, -0.15) is 0 Å². The van der Waals surface area contributed by atoms with Crippen LogP contribution >= 0.6 is 0 Å². The van der Waals surface area contributed by atoms with Crippen molar-refractivity contribution in [3.05, 3.63) is 36.0 Å². The van der Waals surface area contributed by atoms with Gasteiger partial charge in [0.2, 0.25) is 0 Å². The molecule has 1 aromatic carbocycles. The van der Waals surface area contributed by atoms with Gasteiger partial charge in [0.05, 0.1) is 0 Å². The number of benzene rings is 1. The molecular weight excluding hydrogens is 262 g/mol. The topological polar surface area (TPSA) is 39.3 Å². The van der Waals surface area contributed by atoms with Crippen molar-refractivity contribution in [3.8, 4) is 0 Å². The Hall–Kier alpha value is -1.81. The maximum atomic E-state index is 12.6. The molecule has 1 saturated heterocycles. The lowest BCUT2D eigenvalue weighted by atomic mass is 9.96. The number of rotatable bonds is 3. The zero-order chi connectivity index (χ0) is 14.8. The molecule has 4 nitrogen and oxygen atoms in total. The van der Waals surface area contributed by atoms with E-state index >= 15 is 0 Å². The molecule has 1 amide bonds. The highest BCUT2D eigenvalue weighted by Gasteiger charge is 2.24. The molecule has 0 aliphatic carbocycles. The van der Waals surface area contributed by atoms with E-state index < -0.39 is 0 Å². The van der Waals surface area contributed by atoms with E-state index in [-0.39, 0.29) is 5.91 Å². The first-order chi connectivity index (χ1) is 10.1. The summed E-state index contributed by atoms with van der Waals surface area (Å²) in [5.74, 6) is 0.879. The van der Waals surface area contributed by atoms with Crippen LogP contribution in [0.15, 0.2) is 30.5 Å². The average Bonchev–Trinajstić information content (AvgIpc) is 2.94. The Balaban J connectivity index is 1.66. The first-order valence-electron chi connectivity index (χ1n) is 7.64. The number of piperidine rings is 1. The monoisotopic (exact) mass is 285 g/mol. The van der Waals surface area contributed by atoms with Crippen LogP contribution in [0.2, 0.25) is 0 Å². The van der Waals surface area contributed by atoms with Gasteiger partial charge in [0.1, 0.15) is 0 Å². The minimum atomic E-state index is 0.162. The number of aromatic amines is 1. The number of nitrogens with zero attached hydrogens (tertiary/aromatic N) is 2. The molecule has 0 bridgehead atoms. The van der Waals surface area contributed by atoms with E-state index in [0.29, 0.717) is 0 Å². The lowest BCUT2D eigenvalue weighted by molar-refractivity contribution is 0.0678. The highest BCUT2D eigenvalue weighted by atomic mass is 16.2. The van der Waals surface area contributed by atoms with E-state index in [1.54, 1.807) is 0 Å². The predicted molar refractivity (Wildman–Crippen MR) is 85.5 cm³/mol. The van der Waals surface area contributed by atoms with Gasteiger partial charge in [0, 0.05) is 36.9 Å². The number of nitrogens with one attached hydrogen (secondary N) is 1. The summed E-state index contributed by atoms with van der Waals surface area (Å²) < 4.78 is 0. The Morgan fingerprint density at radius 3 is 2.76 bits per heavy atom. The molecule has 2 aromatic rings. The fourth-order valence-electron chi connectivity index (χ4n) is 3.20. The van der Waals surface area contributed by atoms with E-state index in [0.717, 1.165) is 54.9 Å². The molecular formula is C17H23N3O. The summed E-state index contributed by atoms with van der Waals surface area (Å²) in [7, 11) is 4.23. The van der Waals surface area contributed by atoms with Crippen molar-refractivity contribution in [2.24, 2.45) is 5.92 Å². The molecule has 0 spiro atoms. The number of hydrogen-bond acceptors (Lipinski definition) is 2. The number of carbonyl (C=O) groups is 1. The van der Waals surface area contributed by atoms with Crippen LogP contribution in [0.5, 0.6) is 0 Å². The summed E-state index contributed by atoms with van der Waals surface area (Å²) in [6.45, 7) is 2.87. The van der Waals surface area contributed by atoms with Gasteiger partial charge in [-0.25, -0.2) is 0 Å². The lowest BCUT2D eigenvalue weighted by Gasteiger charge is -2.33. The minimum absolute atomic E-state index is 0.162. The smallest absolute Gasteiger partial charge is 0.253 e. The molecule has 1 aliphatic rings. The van der Waals surface area contributed by atoms with Gasteiger partial charge in [-0.15, -0.1) is 0 Å². The summed E-state index contributed by atoms with van der Waals surface area (Å²) in [4.78, 5) is 20.0. The van der Waals surface area contributed by atoms with E-state index in [4.69, 9.17) is 0 Å². The highest BCUT2D eigenvalue weighted by molar-refractivity contribution is 5.97. The van der Waals surface area contributed by atoms with Crippen LogP contribution in [0, 0.1) is 5.92 Å². The molecule has 2 heterocycles. The number of fused-ring (bicyclic) bond motifs is 1. The van der Waals surface area contributed by atoms with Crippen molar-refractivity contribution in [3.63, 3.8) is 0 Å². The van der Waals surface area contributed by atoms with E-state index in [2.05, 4.69) is 24.0 Å². The second-order valence-corrected chi connectivity index (χ2v) is 6.28. The van der Waals surface area contributed by atoms with Crippen LogP contribution in [0.4, 0.5) is 0 Å². The molecule has 1 aliphatic heterocycles. The van der Waals surface area contributed by atoms with Crippen molar-refractivity contribution in [1.82, 2.24) is 14.8 Å². The van der Waals surface area contributed by atoms with Crippen molar-refractivity contribution in [2.75, 3.05) is 33.7 Å². The second-order valence-electron chi connectivity index (χ2n) is 6.28. The van der Waals surface area contributed by atoms with Crippen molar-refractivity contribution in [1.29, 1.82) is 0 Å². The molecule has 1 N–H and O–H groups in total.